The number of carbonyl (C=O) groups excluding carboxylic acids is 1. The standard InChI is InChI=1S/C23H20F3N3O/c1-21(2)15-11-12-22(21,19-18(15)28-16-5-3-4-6-17(16)29-19)20(30)27-14-9-7-13(8-10-14)23(24,25)26/h3-10,15H,11-12H2,1-2H3,(H,27,30). The number of para-hydroxylation sites is 2. The summed E-state index contributed by atoms with van der Waals surface area (Å²) in [6.07, 6.45) is -2.95. The molecule has 0 radical (unpaired) electrons. The quantitative estimate of drug-likeness (QED) is 0.611. The van der Waals surface area contributed by atoms with Crippen LogP contribution in [0, 0.1) is 5.41 Å². The van der Waals surface area contributed by atoms with Crippen LogP contribution in [0.5, 0.6) is 0 Å². The van der Waals surface area contributed by atoms with Crippen molar-refractivity contribution in [1.29, 1.82) is 0 Å². The fourth-order valence-electron chi connectivity index (χ4n) is 5.31. The number of hydrogen-bond donors (Lipinski definition) is 1. The minimum absolute atomic E-state index is 0.114. The molecular formula is C23H20F3N3O. The molecule has 0 spiro atoms. The fourth-order valence-corrected chi connectivity index (χ4v) is 5.31. The lowest BCUT2D eigenvalue weighted by atomic mass is 9.67. The molecule has 2 aliphatic rings. The minimum Gasteiger partial charge on any atom is -0.325 e. The molecule has 3 aromatic rings. The van der Waals surface area contributed by atoms with Gasteiger partial charge in [-0.3, -0.25) is 4.79 Å². The highest BCUT2D eigenvalue weighted by Crippen LogP contribution is 2.67. The highest BCUT2D eigenvalue weighted by atomic mass is 19.4. The van der Waals surface area contributed by atoms with Gasteiger partial charge in [0.05, 0.1) is 33.4 Å². The average molecular weight is 411 g/mol. The molecule has 1 heterocycles. The molecule has 7 heteroatoms. The highest BCUT2D eigenvalue weighted by Gasteiger charge is 2.67. The number of fused-ring (bicyclic) bond motifs is 6. The van der Waals surface area contributed by atoms with E-state index < -0.39 is 22.6 Å². The summed E-state index contributed by atoms with van der Waals surface area (Å²) in [5, 5.41) is 2.85. The third-order valence-electron chi connectivity index (χ3n) is 6.97. The first-order valence-electron chi connectivity index (χ1n) is 9.90. The zero-order chi connectivity index (χ0) is 21.3. The summed E-state index contributed by atoms with van der Waals surface area (Å²) in [6.45, 7) is 4.12. The lowest BCUT2D eigenvalue weighted by Gasteiger charge is -2.36. The molecule has 1 saturated carbocycles. The fraction of sp³-hybridized carbons (Fsp3) is 0.348. The van der Waals surface area contributed by atoms with E-state index in [0.29, 0.717) is 17.8 Å². The number of hydrogen-bond acceptors (Lipinski definition) is 3. The van der Waals surface area contributed by atoms with Gasteiger partial charge in [-0.1, -0.05) is 26.0 Å². The minimum atomic E-state index is -4.41. The lowest BCUT2D eigenvalue weighted by Crippen LogP contribution is -2.46. The van der Waals surface area contributed by atoms with Crippen LogP contribution in [-0.2, 0) is 16.4 Å². The second-order valence-electron chi connectivity index (χ2n) is 8.69. The summed E-state index contributed by atoms with van der Waals surface area (Å²) in [5.74, 6) is -0.124. The summed E-state index contributed by atoms with van der Waals surface area (Å²) in [6, 6.07) is 12.1. The van der Waals surface area contributed by atoms with Crippen molar-refractivity contribution in [2.45, 2.75) is 44.2 Å². The second-order valence-corrected chi connectivity index (χ2v) is 8.69. The molecule has 2 atom stereocenters. The van der Waals surface area contributed by atoms with Crippen molar-refractivity contribution in [2.75, 3.05) is 5.32 Å². The van der Waals surface area contributed by atoms with Crippen molar-refractivity contribution in [3.05, 3.63) is 65.5 Å². The summed E-state index contributed by atoms with van der Waals surface area (Å²) < 4.78 is 38.5. The van der Waals surface area contributed by atoms with Crippen LogP contribution in [0.3, 0.4) is 0 Å². The first-order chi connectivity index (χ1) is 14.1. The van der Waals surface area contributed by atoms with Crippen molar-refractivity contribution in [3.8, 4) is 0 Å². The van der Waals surface area contributed by atoms with Gasteiger partial charge in [-0.2, -0.15) is 13.2 Å². The largest absolute Gasteiger partial charge is 0.416 e. The van der Waals surface area contributed by atoms with Gasteiger partial charge in [0.1, 0.15) is 0 Å². The Hall–Kier alpha value is -2.96. The van der Waals surface area contributed by atoms with Gasteiger partial charge in [0.15, 0.2) is 0 Å². The molecule has 1 aromatic heterocycles. The molecule has 2 bridgehead atoms. The van der Waals surface area contributed by atoms with E-state index in [-0.39, 0.29) is 11.8 Å². The molecule has 2 unspecified atom stereocenters. The molecule has 154 valence electrons. The Morgan fingerprint density at radius 1 is 1.03 bits per heavy atom. The first kappa shape index (κ1) is 19.0. The van der Waals surface area contributed by atoms with E-state index in [1.54, 1.807) is 0 Å². The van der Waals surface area contributed by atoms with E-state index in [0.717, 1.165) is 35.3 Å². The molecule has 30 heavy (non-hydrogen) atoms. The van der Waals surface area contributed by atoms with Crippen LogP contribution in [0.4, 0.5) is 18.9 Å². The third kappa shape index (κ3) is 2.44. The van der Waals surface area contributed by atoms with E-state index in [2.05, 4.69) is 19.2 Å². The Labute approximate surface area is 171 Å². The molecule has 2 aliphatic carbocycles. The van der Waals surface area contributed by atoms with Gasteiger partial charge in [0.25, 0.3) is 0 Å². The predicted molar refractivity (Wildman–Crippen MR) is 107 cm³/mol. The number of amides is 1. The maximum Gasteiger partial charge on any atom is 0.416 e. The number of alkyl halides is 3. The first-order valence-corrected chi connectivity index (χ1v) is 9.90. The number of rotatable bonds is 2. The average Bonchev–Trinajstić information content (AvgIpc) is 3.07. The van der Waals surface area contributed by atoms with Gasteiger partial charge >= 0.3 is 6.18 Å². The molecule has 2 aromatic carbocycles. The SMILES string of the molecule is CC1(C)C2CCC1(C(=O)Nc1ccc(C(F)(F)F)cc1)c1nc3ccccc3nc12. The van der Waals surface area contributed by atoms with Gasteiger partial charge < -0.3 is 5.32 Å². The van der Waals surface area contributed by atoms with Crippen molar-refractivity contribution in [3.63, 3.8) is 0 Å². The van der Waals surface area contributed by atoms with Crippen LogP contribution in [0.2, 0.25) is 0 Å². The van der Waals surface area contributed by atoms with Crippen molar-refractivity contribution < 1.29 is 18.0 Å². The summed E-state index contributed by atoms with van der Waals surface area (Å²) in [7, 11) is 0. The monoisotopic (exact) mass is 411 g/mol. The third-order valence-corrected chi connectivity index (χ3v) is 6.97. The van der Waals surface area contributed by atoms with Crippen LogP contribution in [-0.4, -0.2) is 15.9 Å². The molecule has 1 fully saturated rings. The summed E-state index contributed by atoms with van der Waals surface area (Å²) >= 11 is 0. The van der Waals surface area contributed by atoms with Gasteiger partial charge in [-0.25, -0.2) is 9.97 Å². The summed E-state index contributed by atoms with van der Waals surface area (Å²) in [4.78, 5) is 23.3. The number of carbonyl (C=O) groups is 1. The van der Waals surface area contributed by atoms with Crippen LogP contribution in [0.15, 0.2) is 48.5 Å². The number of nitrogens with one attached hydrogen (secondary N) is 1. The van der Waals surface area contributed by atoms with Crippen LogP contribution < -0.4 is 5.32 Å². The summed E-state index contributed by atoms with van der Waals surface area (Å²) in [5.41, 5.74) is 1.43. The maximum absolute atomic E-state index is 13.6. The number of benzene rings is 2. The van der Waals surface area contributed by atoms with E-state index in [4.69, 9.17) is 9.97 Å². The van der Waals surface area contributed by atoms with Crippen molar-refractivity contribution in [2.24, 2.45) is 5.41 Å². The van der Waals surface area contributed by atoms with E-state index >= 15 is 0 Å². The Morgan fingerprint density at radius 2 is 1.67 bits per heavy atom. The number of nitrogens with zero attached hydrogens (tertiary/aromatic N) is 2. The smallest absolute Gasteiger partial charge is 0.325 e. The maximum atomic E-state index is 13.6. The Bertz CT molecular complexity index is 1170. The van der Waals surface area contributed by atoms with E-state index in [1.807, 2.05) is 24.3 Å². The zero-order valence-corrected chi connectivity index (χ0v) is 16.5. The van der Waals surface area contributed by atoms with Gasteiger partial charge in [-0.15, -0.1) is 0 Å². The van der Waals surface area contributed by atoms with Crippen LogP contribution in [0.25, 0.3) is 11.0 Å². The molecular weight excluding hydrogens is 391 g/mol. The highest BCUT2D eigenvalue weighted by molar-refractivity contribution is 6.01. The molecule has 0 aliphatic heterocycles. The van der Waals surface area contributed by atoms with Crippen molar-refractivity contribution in [1.82, 2.24) is 9.97 Å². The van der Waals surface area contributed by atoms with Crippen LogP contribution in [0.1, 0.15) is 49.6 Å². The molecule has 1 N–H and O–H groups in total. The number of anilines is 1. The zero-order valence-electron chi connectivity index (χ0n) is 16.5. The Morgan fingerprint density at radius 3 is 2.30 bits per heavy atom. The molecule has 4 nitrogen and oxygen atoms in total. The Balaban J connectivity index is 1.56. The number of halogens is 3. The molecule has 1 amide bonds. The molecule has 5 rings (SSSR count). The van der Waals surface area contributed by atoms with Gasteiger partial charge in [0, 0.05) is 11.6 Å². The normalized spacial score (nSPS) is 24.1. The lowest BCUT2D eigenvalue weighted by molar-refractivity contribution is -0.137. The molecule has 0 saturated heterocycles. The van der Waals surface area contributed by atoms with E-state index in [9.17, 15) is 18.0 Å². The van der Waals surface area contributed by atoms with Crippen molar-refractivity contribution >= 4 is 22.6 Å². The predicted octanol–water partition coefficient (Wildman–Crippen LogP) is 5.44. The van der Waals surface area contributed by atoms with Gasteiger partial charge in [0.2, 0.25) is 5.91 Å². The van der Waals surface area contributed by atoms with Gasteiger partial charge in [-0.05, 0) is 54.7 Å². The number of aromatic nitrogens is 2. The second kappa shape index (κ2) is 6.03. The van der Waals surface area contributed by atoms with Crippen LogP contribution >= 0.6 is 0 Å². The topological polar surface area (TPSA) is 54.9 Å². The van der Waals surface area contributed by atoms with E-state index in [1.165, 1.54) is 12.1 Å². The Kier molecular flexibility index (Phi) is 3.82.